The minimum absolute atomic E-state index is 0.285. The van der Waals surface area contributed by atoms with E-state index in [4.69, 9.17) is 10.5 Å². The molecular formula is C11H17NOS. The average Bonchev–Trinajstić information content (AvgIpc) is 2.18. The molecule has 1 aromatic rings. The molecule has 2 N–H and O–H groups in total. The molecular weight excluding hydrogens is 194 g/mol. The zero-order valence-electron chi connectivity index (χ0n) is 8.69. The summed E-state index contributed by atoms with van der Waals surface area (Å²) in [5.74, 6) is 1.97. The highest BCUT2D eigenvalue weighted by molar-refractivity contribution is 7.99. The second kappa shape index (κ2) is 5.94. The van der Waals surface area contributed by atoms with Crippen molar-refractivity contribution in [2.75, 3.05) is 12.9 Å². The van der Waals surface area contributed by atoms with Gasteiger partial charge in [-0.25, -0.2) is 0 Å². The van der Waals surface area contributed by atoms with Crippen molar-refractivity contribution >= 4 is 11.8 Å². The summed E-state index contributed by atoms with van der Waals surface area (Å²) in [7, 11) is 1.69. The van der Waals surface area contributed by atoms with E-state index < -0.39 is 0 Å². The van der Waals surface area contributed by atoms with Gasteiger partial charge in [-0.15, -0.1) is 11.8 Å². The first-order valence-corrected chi connectivity index (χ1v) is 5.73. The molecule has 0 aromatic heterocycles. The smallest absolute Gasteiger partial charge is 0.119 e. The molecule has 0 saturated carbocycles. The van der Waals surface area contributed by atoms with E-state index in [1.54, 1.807) is 7.11 Å². The SMILES string of the molecule is COc1cccc(SCCC(C)N)c1. The highest BCUT2D eigenvalue weighted by Gasteiger charge is 1.98. The van der Waals surface area contributed by atoms with Crippen LogP contribution in [0.1, 0.15) is 13.3 Å². The fraction of sp³-hybridized carbons (Fsp3) is 0.455. The number of benzene rings is 1. The summed E-state index contributed by atoms with van der Waals surface area (Å²) in [6.45, 7) is 2.03. The van der Waals surface area contributed by atoms with E-state index >= 15 is 0 Å². The van der Waals surface area contributed by atoms with Gasteiger partial charge in [0.1, 0.15) is 5.75 Å². The maximum absolute atomic E-state index is 5.67. The molecule has 1 atom stereocenters. The standard InChI is InChI=1S/C11H17NOS/c1-9(12)6-7-14-11-5-3-4-10(8-11)13-2/h3-5,8-9H,6-7,12H2,1-2H3. The summed E-state index contributed by atoms with van der Waals surface area (Å²) >= 11 is 1.82. The number of methoxy groups -OCH3 is 1. The fourth-order valence-electron chi connectivity index (χ4n) is 1.05. The molecule has 78 valence electrons. The Hall–Kier alpha value is -0.670. The molecule has 0 aliphatic rings. The first-order chi connectivity index (χ1) is 6.72. The van der Waals surface area contributed by atoms with Crippen LogP contribution >= 0.6 is 11.8 Å². The van der Waals surface area contributed by atoms with Gasteiger partial charge in [0, 0.05) is 10.9 Å². The van der Waals surface area contributed by atoms with Crippen LogP contribution in [0, 0.1) is 0 Å². The average molecular weight is 211 g/mol. The maximum Gasteiger partial charge on any atom is 0.119 e. The first-order valence-electron chi connectivity index (χ1n) is 4.75. The third-order valence-corrected chi connectivity index (χ3v) is 2.91. The molecule has 14 heavy (non-hydrogen) atoms. The Bertz CT molecular complexity index is 276. The number of hydrogen-bond acceptors (Lipinski definition) is 3. The van der Waals surface area contributed by atoms with E-state index in [1.807, 2.05) is 36.9 Å². The van der Waals surface area contributed by atoms with Crippen molar-refractivity contribution in [2.45, 2.75) is 24.3 Å². The Morgan fingerprint density at radius 2 is 2.29 bits per heavy atom. The monoisotopic (exact) mass is 211 g/mol. The molecule has 0 spiro atoms. The minimum Gasteiger partial charge on any atom is -0.497 e. The van der Waals surface area contributed by atoms with Gasteiger partial charge >= 0.3 is 0 Å². The van der Waals surface area contributed by atoms with Gasteiger partial charge in [-0.2, -0.15) is 0 Å². The van der Waals surface area contributed by atoms with Gasteiger partial charge in [0.05, 0.1) is 7.11 Å². The van der Waals surface area contributed by atoms with E-state index in [0.29, 0.717) is 0 Å². The normalized spacial score (nSPS) is 12.5. The second-order valence-electron chi connectivity index (χ2n) is 3.29. The molecule has 1 rings (SSSR count). The predicted molar refractivity (Wildman–Crippen MR) is 62.0 cm³/mol. The number of ether oxygens (including phenoxy) is 1. The fourth-order valence-corrected chi connectivity index (χ4v) is 2.15. The van der Waals surface area contributed by atoms with Crippen molar-refractivity contribution in [3.63, 3.8) is 0 Å². The Balaban J connectivity index is 2.42. The molecule has 0 amide bonds. The molecule has 0 bridgehead atoms. The van der Waals surface area contributed by atoms with Crippen LogP contribution in [0.4, 0.5) is 0 Å². The van der Waals surface area contributed by atoms with Crippen LogP contribution in [0.15, 0.2) is 29.2 Å². The molecule has 2 nitrogen and oxygen atoms in total. The molecule has 0 aliphatic heterocycles. The maximum atomic E-state index is 5.67. The van der Waals surface area contributed by atoms with Crippen LogP contribution in [0.5, 0.6) is 5.75 Å². The van der Waals surface area contributed by atoms with Crippen molar-refractivity contribution in [3.05, 3.63) is 24.3 Å². The van der Waals surface area contributed by atoms with Gasteiger partial charge in [-0.1, -0.05) is 6.07 Å². The van der Waals surface area contributed by atoms with Crippen molar-refractivity contribution in [1.82, 2.24) is 0 Å². The third kappa shape index (κ3) is 4.03. The number of nitrogens with two attached hydrogens (primary N) is 1. The third-order valence-electron chi connectivity index (χ3n) is 1.88. The van der Waals surface area contributed by atoms with Crippen LogP contribution in [-0.2, 0) is 0 Å². The topological polar surface area (TPSA) is 35.2 Å². The summed E-state index contributed by atoms with van der Waals surface area (Å²) in [5.41, 5.74) is 5.67. The Labute approximate surface area is 89.8 Å². The minimum atomic E-state index is 0.285. The summed E-state index contributed by atoms with van der Waals surface area (Å²) in [6, 6.07) is 8.39. The molecule has 1 aromatic carbocycles. The van der Waals surface area contributed by atoms with E-state index in [0.717, 1.165) is 17.9 Å². The summed E-state index contributed by atoms with van der Waals surface area (Å²) in [6.07, 6.45) is 1.04. The molecule has 0 saturated heterocycles. The van der Waals surface area contributed by atoms with Crippen molar-refractivity contribution in [1.29, 1.82) is 0 Å². The number of rotatable bonds is 5. The van der Waals surface area contributed by atoms with E-state index in [9.17, 15) is 0 Å². The largest absolute Gasteiger partial charge is 0.497 e. The lowest BCUT2D eigenvalue weighted by Crippen LogP contribution is -2.15. The zero-order valence-corrected chi connectivity index (χ0v) is 9.51. The van der Waals surface area contributed by atoms with Crippen molar-refractivity contribution < 1.29 is 4.74 Å². The number of hydrogen-bond donors (Lipinski definition) is 1. The molecule has 0 aliphatic carbocycles. The number of thioether (sulfide) groups is 1. The Morgan fingerprint density at radius 1 is 1.50 bits per heavy atom. The van der Waals surface area contributed by atoms with Crippen molar-refractivity contribution in [2.24, 2.45) is 5.73 Å². The van der Waals surface area contributed by atoms with E-state index in [-0.39, 0.29) is 6.04 Å². The van der Waals surface area contributed by atoms with Gasteiger partial charge in [0.2, 0.25) is 0 Å². The van der Waals surface area contributed by atoms with Gasteiger partial charge in [0.25, 0.3) is 0 Å². The summed E-state index contributed by atoms with van der Waals surface area (Å²) in [5, 5.41) is 0. The van der Waals surface area contributed by atoms with Crippen LogP contribution < -0.4 is 10.5 Å². The molecule has 0 fully saturated rings. The highest BCUT2D eigenvalue weighted by atomic mass is 32.2. The zero-order chi connectivity index (χ0) is 10.4. The Morgan fingerprint density at radius 3 is 2.93 bits per heavy atom. The van der Waals surface area contributed by atoms with Gasteiger partial charge in [-0.3, -0.25) is 0 Å². The predicted octanol–water partition coefficient (Wildman–Crippen LogP) is 2.52. The van der Waals surface area contributed by atoms with Crippen molar-refractivity contribution in [3.8, 4) is 5.75 Å². The summed E-state index contributed by atoms with van der Waals surface area (Å²) < 4.78 is 5.14. The van der Waals surface area contributed by atoms with Crippen LogP contribution in [0.25, 0.3) is 0 Å². The van der Waals surface area contributed by atoms with Gasteiger partial charge in [0.15, 0.2) is 0 Å². The van der Waals surface area contributed by atoms with Gasteiger partial charge < -0.3 is 10.5 Å². The van der Waals surface area contributed by atoms with Crippen LogP contribution in [-0.4, -0.2) is 18.9 Å². The molecule has 1 unspecified atom stereocenters. The van der Waals surface area contributed by atoms with Crippen LogP contribution in [0.2, 0.25) is 0 Å². The Kier molecular flexibility index (Phi) is 4.84. The quantitative estimate of drug-likeness (QED) is 0.760. The lowest BCUT2D eigenvalue weighted by molar-refractivity contribution is 0.413. The lowest BCUT2D eigenvalue weighted by Gasteiger charge is -2.05. The van der Waals surface area contributed by atoms with E-state index in [2.05, 4.69) is 6.07 Å². The van der Waals surface area contributed by atoms with Crippen LogP contribution in [0.3, 0.4) is 0 Å². The summed E-state index contributed by atoms with van der Waals surface area (Å²) in [4.78, 5) is 1.24. The lowest BCUT2D eigenvalue weighted by atomic mass is 10.3. The highest BCUT2D eigenvalue weighted by Crippen LogP contribution is 2.23. The first kappa shape index (κ1) is 11.4. The second-order valence-corrected chi connectivity index (χ2v) is 4.46. The molecule has 3 heteroatoms. The molecule has 0 heterocycles. The van der Waals surface area contributed by atoms with E-state index in [1.165, 1.54) is 4.90 Å². The molecule has 0 radical (unpaired) electrons. The van der Waals surface area contributed by atoms with Gasteiger partial charge in [-0.05, 0) is 37.3 Å².